The number of rotatable bonds is 38. The van der Waals surface area contributed by atoms with E-state index in [-0.39, 0.29) is 23.8 Å². The van der Waals surface area contributed by atoms with Crippen LogP contribution in [-0.2, 0) is 19.1 Å². The van der Waals surface area contributed by atoms with Gasteiger partial charge in [0.1, 0.15) is 11.2 Å². The number of hydrogen-bond acceptors (Lipinski definition) is 6. The molecule has 0 bridgehead atoms. The largest absolute Gasteiger partial charge is 0.393 e. The van der Waals surface area contributed by atoms with Crippen molar-refractivity contribution < 1.29 is 29.3 Å². The average Bonchev–Trinajstić information content (AvgIpc) is 3.09. The fraction of sp³-hybridized carbons (Fsp3) is 0.867. The Morgan fingerprint density at radius 2 is 0.843 bits per heavy atom. The second-order valence-corrected chi connectivity index (χ2v) is 16.0. The van der Waals surface area contributed by atoms with Crippen molar-refractivity contribution in [3.63, 3.8) is 0 Å². The molecule has 0 fully saturated rings. The Balaban J connectivity index is 3.85. The summed E-state index contributed by atoms with van der Waals surface area (Å²) in [6.45, 7) is 12.7. The molecule has 0 aliphatic heterocycles. The van der Waals surface area contributed by atoms with Crippen LogP contribution in [0.5, 0.6) is 0 Å². The molecule has 0 saturated carbocycles. The second-order valence-electron chi connectivity index (χ2n) is 16.0. The van der Waals surface area contributed by atoms with E-state index in [1.807, 2.05) is 27.7 Å². The van der Waals surface area contributed by atoms with E-state index < -0.39 is 11.2 Å². The van der Waals surface area contributed by atoms with Gasteiger partial charge in [0.15, 0.2) is 11.6 Å². The Morgan fingerprint density at radius 1 is 0.490 bits per heavy atom. The summed E-state index contributed by atoms with van der Waals surface area (Å²) < 4.78 is 11.9. The maximum atomic E-state index is 12.8. The Labute approximate surface area is 316 Å². The molecule has 0 amide bonds. The normalized spacial score (nSPS) is 13.8. The van der Waals surface area contributed by atoms with Gasteiger partial charge in [-0.1, -0.05) is 128 Å². The predicted octanol–water partition coefficient (Wildman–Crippen LogP) is 12.1. The van der Waals surface area contributed by atoms with Crippen molar-refractivity contribution in [3.05, 3.63) is 24.3 Å². The lowest BCUT2D eigenvalue weighted by Gasteiger charge is -2.26. The van der Waals surface area contributed by atoms with Gasteiger partial charge in [0.05, 0.1) is 25.4 Å². The van der Waals surface area contributed by atoms with Gasteiger partial charge in [-0.05, 0) is 98.3 Å². The molecule has 0 aromatic heterocycles. The molecule has 0 aliphatic carbocycles. The van der Waals surface area contributed by atoms with E-state index in [1.165, 1.54) is 51.4 Å². The van der Waals surface area contributed by atoms with Gasteiger partial charge in [0, 0.05) is 12.8 Å². The lowest BCUT2D eigenvalue weighted by molar-refractivity contribution is -0.144. The monoisotopic (exact) mass is 721 g/mol. The maximum absolute atomic E-state index is 12.8. The van der Waals surface area contributed by atoms with Crippen molar-refractivity contribution in [1.29, 1.82) is 0 Å². The maximum Gasteiger partial charge on any atom is 0.164 e. The molecule has 0 aromatic carbocycles. The fourth-order valence-corrected chi connectivity index (χ4v) is 6.22. The van der Waals surface area contributed by atoms with Crippen molar-refractivity contribution in [3.8, 4) is 0 Å². The quantitative estimate of drug-likeness (QED) is 0.0487. The Hall–Kier alpha value is -1.34. The first kappa shape index (κ1) is 49.7. The van der Waals surface area contributed by atoms with Gasteiger partial charge in [-0.15, -0.1) is 0 Å². The number of carbonyl (C=O) groups excluding carboxylic acids is 2. The lowest BCUT2D eigenvalue weighted by atomic mass is 9.97. The molecular weight excluding hydrogens is 636 g/mol. The van der Waals surface area contributed by atoms with Crippen LogP contribution in [0.2, 0.25) is 0 Å². The van der Waals surface area contributed by atoms with Crippen LogP contribution >= 0.6 is 0 Å². The summed E-state index contributed by atoms with van der Waals surface area (Å²) in [5.74, 6) is 0.296. The van der Waals surface area contributed by atoms with Crippen LogP contribution in [-0.4, -0.2) is 58.4 Å². The van der Waals surface area contributed by atoms with Crippen molar-refractivity contribution in [1.82, 2.24) is 0 Å². The number of ether oxygens (including phenoxy) is 2. The summed E-state index contributed by atoms with van der Waals surface area (Å²) in [4.78, 5) is 25.6. The molecule has 6 nitrogen and oxygen atoms in total. The highest BCUT2D eigenvalue weighted by atomic mass is 16.5. The molecule has 0 spiro atoms. The molecule has 51 heavy (non-hydrogen) atoms. The number of hydrogen-bond donors (Lipinski definition) is 2. The van der Waals surface area contributed by atoms with Gasteiger partial charge in [-0.2, -0.15) is 0 Å². The highest BCUT2D eigenvalue weighted by Crippen LogP contribution is 2.20. The molecule has 0 aromatic rings. The number of unbranched alkanes of at least 4 members (excludes halogenated alkanes) is 16. The number of aliphatic hydroxyl groups is 2. The van der Waals surface area contributed by atoms with Crippen LogP contribution in [0.3, 0.4) is 0 Å². The molecule has 0 rings (SSSR count). The smallest absolute Gasteiger partial charge is 0.164 e. The topological polar surface area (TPSA) is 93.1 Å². The summed E-state index contributed by atoms with van der Waals surface area (Å²) in [6.07, 6.45) is 36.0. The third kappa shape index (κ3) is 30.8. The average molecular weight is 721 g/mol. The number of Topliss-reactive ketones (excluding diaryl/α,β-unsaturated/α-hetero) is 2. The van der Waals surface area contributed by atoms with E-state index in [0.717, 1.165) is 103 Å². The minimum absolute atomic E-state index is 0.148. The first-order valence-corrected chi connectivity index (χ1v) is 21.5. The molecule has 300 valence electrons. The van der Waals surface area contributed by atoms with E-state index >= 15 is 0 Å². The molecule has 0 saturated heterocycles. The first-order chi connectivity index (χ1) is 24.5. The second kappa shape index (κ2) is 33.2. The van der Waals surface area contributed by atoms with Crippen LogP contribution < -0.4 is 0 Å². The summed E-state index contributed by atoms with van der Waals surface area (Å²) in [5.41, 5.74) is -1.61. The third-order valence-electron chi connectivity index (χ3n) is 10.0. The zero-order valence-electron chi connectivity index (χ0n) is 34.5. The van der Waals surface area contributed by atoms with Crippen molar-refractivity contribution in [2.24, 2.45) is 0 Å². The van der Waals surface area contributed by atoms with E-state index in [2.05, 4.69) is 38.2 Å². The third-order valence-corrected chi connectivity index (χ3v) is 10.0. The number of aliphatic hydroxyl groups excluding tert-OH is 2. The number of ketones is 2. The Morgan fingerprint density at radius 3 is 1.24 bits per heavy atom. The van der Waals surface area contributed by atoms with Gasteiger partial charge in [0.25, 0.3) is 0 Å². The van der Waals surface area contributed by atoms with Crippen LogP contribution in [0.25, 0.3) is 0 Å². The van der Waals surface area contributed by atoms with E-state index in [9.17, 15) is 19.8 Å². The van der Waals surface area contributed by atoms with Crippen LogP contribution in [0.1, 0.15) is 215 Å². The minimum atomic E-state index is -0.803. The van der Waals surface area contributed by atoms with Gasteiger partial charge in [0.2, 0.25) is 0 Å². The van der Waals surface area contributed by atoms with E-state index in [0.29, 0.717) is 32.5 Å². The SMILES string of the molecule is CCCCCCC(O)C/C=C\CCCCCCCC(=O)C(C)(C)OCCCOC(C)(C)C(=O)CCCCCCC/C=C\CC(O)CCCCCC. The zero-order valence-corrected chi connectivity index (χ0v) is 34.5. The standard InChI is InChI=1S/C45H84O6/c1-7-9-11-25-32-40(46)34-27-21-17-13-15-19-23-29-36-42(48)44(3,4)50-38-31-39-51-45(5,6)43(49)37-30-24-20-16-14-18-22-28-35-41(47)33-26-12-10-8-2/h21-22,27-28,40-41,46-47H,7-20,23-26,29-39H2,1-6H3/b27-21-,28-22-. The molecular formula is C45H84O6. The van der Waals surface area contributed by atoms with Crippen LogP contribution in [0.15, 0.2) is 24.3 Å². The summed E-state index contributed by atoms with van der Waals surface area (Å²) in [5, 5.41) is 20.1. The van der Waals surface area contributed by atoms with Gasteiger partial charge in [-0.25, -0.2) is 0 Å². The molecule has 0 aliphatic rings. The van der Waals surface area contributed by atoms with Crippen molar-refractivity contribution in [2.75, 3.05) is 13.2 Å². The fourth-order valence-electron chi connectivity index (χ4n) is 6.22. The van der Waals surface area contributed by atoms with Crippen molar-refractivity contribution in [2.45, 2.75) is 238 Å². The number of carbonyl (C=O) groups is 2. The lowest BCUT2D eigenvalue weighted by Crippen LogP contribution is -2.37. The van der Waals surface area contributed by atoms with Gasteiger partial charge in [-0.3, -0.25) is 9.59 Å². The number of allylic oxidation sites excluding steroid dienone is 2. The highest BCUT2D eigenvalue weighted by molar-refractivity contribution is 5.86. The van der Waals surface area contributed by atoms with Crippen LogP contribution in [0.4, 0.5) is 0 Å². The Kier molecular flexibility index (Phi) is 32.4. The molecule has 2 atom stereocenters. The van der Waals surface area contributed by atoms with Crippen molar-refractivity contribution >= 4 is 11.6 Å². The minimum Gasteiger partial charge on any atom is -0.393 e. The summed E-state index contributed by atoms with van der Waals surface area (Å²) in [7, 11) is 0. The van der Waals surface area contributed by atoms with Gasteiger partial charge < -0.3 is 19.7 Å². The van der Waals surface area contributed by atoms with E-state index in [4.69, 9.17) is 9.47 Å². The van der Waals surface area contributed by atoms with Gasteiger partial charge >= 0.3 is 0 Å². The summed E-state index contributed by atoms with van der Waals surface area (Å²) >= 11 is 0. The molecule has 2 unspecified atom stereocenters. The van der Waals surface area contributed by atoms with Crippen LogP contribution in [0, 0.1) is 0 Å². The molecule has 2 N–H and O–H groups in total. The predicted molar refractivity (Wildman–Crippen MR) is 216 cm³/mol. The Bertz CT molecular complexity index is 806. The zero-order chi connectivity index (χ0) is 38.1. The first-order valence-electron chi connectivity index (χ1n) is 21.5. The summed E-state index contributed by atoms with van der Waals surface area (Å²) in [6, 6.07) is 0. The highest BCUT2D eigenvalue weighted by Gasteiger charge is 2.29. The molecule has 0 heterocycles. The molecule has 0 radical (unpaired) electrons. The molecule has 6 heteroatoms. The van der Waals surface area contributed by atoms with E-state index in [1.54, 1.807) is 0 Å².